The minimum atomic E-state index is -0.387. The number of esters is 1. The third-order valence-electron chi connectivity index (χ3n) is 6.95. The number of hydrogen-bond donors (Lipinski definition) is 2. The number of piperidine rings is 1. The zero-order valence-corrected chi connectivity index (χ0v) is 21.5. The maximum atomic E-state index is 12.0. The van der Waals surface area contributed by atoms with E-state index in [2.05, 4.69) is 37.6 Å². The molecule has 0 bridgehead atoms. The molecule has 2 saturated heterocycles. The van der Waals surface area contributed by atoms with Gasteiger partial charge in [-0.3, -0.25) is 4.79 Å². The molecule has 5 rings (SSSR count). The molecule has 200 valence electrons. The van der Waals surface area contributed by atoms with Gasteiger partial charge in [-0.15, -0.1) is 0 Å². The average molecular weight is 527 g/mol. The molecule has 2 aliphatic rings. The average Bonchev–Trinajstić information content (AvgIpc) is 3.40. The van der Waals surface area contributed by atoms with Crippen molar-refractivity contribution in [3.63, 3.8) is 0 Å². The lowest BCUT2D eigenvalue weighted by Crippen LogP contribution is -2.36. The molecule has 2 N–H and O–H groups in total. The highest BCUT2D eigenvalue weighted by atomic mass is 16.6. The van der Waals surface area contributed by atoms with E-state index in [-0.39, 0.29) is 24.5 Å². The highest BCUT2D eigenvalue weighted by Crippen LogP contribution is 2.27. The van der Waals surface area contributed by atoms with Crippen LogP contribution in [0.4, 0.5) is 17.3 Å². The van der Waals surface area contributed by atoms with Crippen LogP contribution in [0.15, 0.2) is 60.8 Å². The third kappa shape index (κ3) is 6.69. The van der Waals surface area contributed by atoms with Crippen molar-refractivity contribution in [3.8, 4) is 17.3 Å². The topological polar surface area (TPSA) is 129 Å². The molecular formula is C29H30N6O4. The molecule has 3 aromatic rings. The van der Waals surface area contributed by atoms with Gasteiger partial charge in [0.2, 0.25) is 5.95 Å². The van der Waals surface area contributed by atoms with Crippen molar-refractivity contribution in [1.82, 2.24) is 15.3 Å². The largest absolute Gasteiger partial charge is 0.464 e. The highest BCUT2D eigenvalue weighted by Gasteiger charge is 2.29. The molecule has 1 atom stereocenters. The minimum absolute atomic E-state index is 0.0304. The summed E-state index contributed by atoms with van der Waals surface area (Å²) < 4.78 is 10.8. The van der Waals surface area contributed by atoms with E-state index in [1.165, 1.54) is 0 Å². The summed E-state index contributed by atoms with van der Waals surface area (Å²) in [6.07, 6.45) is 4.01. The summed E-state index contributed by atoms with van der Waals surface area (Å²) in [6.45, 7) is 2.93. The van der Waals surface area contributed by atoms with Crippen molar-refractivity contribution < 1.29 is 19.1 Å². The normalized spacial score (nSPS) is 17.4. The predicted octanol–water partition coefficient (Wildman–Crippen LogP) is 3.69. The monoisotopic (exact) mass is 526 g/mol. The number of nitrogens with zero attached hydrogens (tertiary/aromatic N) is 4. The summed E-state index contributed by atoms with van der Waals surface area (Å²) in [5.41, 5.74) is 4.10. The predicted molar refractivity (Wildman–Crippen MR) is 145 cm³/mol. The van der Waals surface area contributed by atoms with Gasteiger partial charge in [-0.1, -0.05) is 12.1 Å². The molecule has 1 aromatic heterocycles. The van der Waals surface area contributed by atoms with E-state index in [1.54, 1.807) is 18.3 Å². The van der Waals surface area contributed by atoms with E-state index >= 15 is 0 Å². The molecule has 1 unspecified atom stereocenters. The summed E-state index contributed by atoms with van der Waals surface area (Å²) in [5.74, 6) is 0.411. The first-order chi connectivity index (χ1) is 19.1. The summed E-state index contributed by atoms with van der Waals surface area (Å²) in [6, 6.07) is 19.0. The summed E-state index contributed by atoms with van der Waals surface area (Å²) >= 11 is 0. The fraction of sp³-hybridized carbons (Fsp3) is 0.345. The Labute approximate surface area is 227 Å². The summed E-state index contributed by atoms with van der Waals surface area (Å²) in [7, 11) is 0. The van der Waals surface area contributed by atoms with Gasteiger partial charge in [-0.25, -0.2) is 14.8 Å². The Morgan fingerprint density at radius 1 is 1.08 bits per heavy atom. The number of ether oxygens (including phenoxy) is 2. The van der Waals surface area contributed by atoms with Gasteiger partial charge in [-0.05, 0) is 61.2 Å². The van der Waals surface area contributed by atoms with Crippen LogP contribution >= 0.6 is 0 Å². The molecule has 3 heterocycles. The van der Waals surface area contributed by atoms with E-state index < -0.39 is 0 Å². The molecule has 0 aliphatic carbocycles. The molecule has 10 nitrogen and oxygen atoms in total. The SMILES string of the molecule is N#CCNC(=O)c1ccc(-c2ccnc(Nc3ccc(N4CCC(COC5CCOC5=O)CC4)cc3)n2)cc1. The second kappa shape index (κ2) is 12.4. The van der Waals surface area contributed by atoms with Crippen molar-refractivity contribution >= 4 is 29.2 Å². The number of nitrogens with one attached hydrogen (secondary N) is 2. The van der Waals surface area contributed by atoms with Crippen molar-refractivity contribution in [2.75, 3.05) is 43.1 Å². The van der Waals surface area contributed by atoms with Crippen molar-refractivity contribution in [2.45, 2.75) is 25.4 Å². The lowest BCUT2D eigenvalue weighted by atomic mass is 9.97. The Kier molecular flexibility index (Phi) is 8.29. The van der Waals surface area contributed by atoms with Crippen molar-refractivity contribution in [2.24, 2.45) is 5.92 Å². The van der Waals surface area contributed by atoms with Crippen LogP contribution in [0.3, 0.4) is 0 Å². The first-order valence-corrected chi connectivity index (χ1v) is 13.1. The first-order valence-electron chi connectivity index (χ1n) is 13.1. The van der Waals surface area contributed by atoms with Gasteiger partial charge in [0.05, 0.1) is 25.0 Å². The number of amides is 1. The van der Waals surface area contributed by atoms with Crippen LogP contribution in [-0.4, -0.2) is 60.8 Å². The second-order valence-corrected chi connectivity index (χ2v) is 9.56. The zero-order chi connectivity index (χ0) is 27.0. The smallest absolute Gasteiger partial charge is 0.335 e. The summed E-state index contributed by atoms with van der Waals surface area (Å²) in [5, 5.41) is 14.4. The van der Waals surface area contributed by atoms with Crippen molar-refractivity contribution in [1.29, 1.82) is 5.26 Å². The van der Waals surface area contributed by atoms with Crippen LogP contribution in [-0.2, 0) is 14.3 Å². The van der Waals surface area contributed by atoms with Gasteiger partial charge in [0, 0.05) is 48.2 Å². The summed E-state index contributed by atoms with van der Waals surface area (Å²) in [4.78, 5) is 34.9. The molecule has 1 amide bonds. The van der Waals surface area contributed by atoms with E-state index in [1.807, 2.05) is 36.4 Å². The Hall–Kier alpha value is -4.49. The van der Waals surface area contributed by atoms with Gasteiger partial charge in [0.25, 0.3) is 5.91 Å². The van der Waals surface area contributed by atoms with Crippen LogP contribution in [0.1, 0.15) is 29.6 Å². The fourth-order valence-corrected chi connectivity index (χ4v) is 4.72. The molecule has 0 radical (unpaired) electrons. The lowest BCUT2D eigenvalue weighted by molar-refractivity contribution is -0.148. The molecule has 2 aliphatic heterocycles. The maximum Gasteiger partial charge on any atom is 0.335 e. The van der Waals surface area contributed by atoms with E-state index in [0.717, 1.165) is 48.6 Å². The van der Waals surface area contributed by atoms with E-state index in [4.69, 9.17) is 14.7 Å². The number of rotatable bonds is 9. The van der Waals surface area contributed by atoms with Crippen LogP contribution in [0.5, 0.6) is 0 Å². The standard InChI is InChI=1S/C29H30N6O4/c30-13-15-31-27(36)22-3-1-21(2-4-22)25-9-14-32-29(34-25)33-23-5-7-24(8-6-23)35-16-10-20(11-17-35)19-39-26-12-18-38-28(26)37/h1-9,14,20,26H,10-12,15-19H2,(H,31,36)(H,32,33,34). The third-order valence-corrected chi connectivity index (χ3v) is 6.95. The second-order valence-electron chi connectivity index (χ2n) is 9.56. The fourth-order valence-electron chi connectivity index (χ4n) is 4.72. The lowest BCUT2D eigenvalue weighted by Gasteiger charge is -2.33. The molecule has 2 aromatic carbocycles. The molecule has 10 heteroatoms. The Morgan fingerprint density at radius 3 is 2.54 bits per heavy atom. The quantitative estimate of drug-likeness (QED) is 0.317. The Balaban J connectivity index is 1.13. The Bertz CT molecular complexity index is 1330. The molecule has 39 heavy (non-hydrogen) atoms. The van der Waals surface area contributed by atoms with Gasteiger partial charge in [0.15, 0.2) is 6.10 Å². The first kappa shape index (κ1) is 26.1. The van der Waals surface area contributed by atoms with Crippen LogP contribution in [0.25, 0.3) is 11.3 Å². The van der Waals surface area contributed by atoms with Crippen LogP contribution in [0, 0.1) is 17.2 Å². The van der Waals surface area contributed by atoms with Gasteiger partial charge in [-0.2, -0.15) is 5.26 Å². The van der Waals surface area contributed by atoms with Crippen LogP contribution < -0.4 is 15.5 Å². The zero-order valence-electron chi connectivity index (χ0n) is 21.5. The molecular weight excluding hydrogens is 496 g/mol. The molecule has 2 fully saturated rings. The number of cyclic esters (lactones) is 1. The highest BCUT2D eigenvalue weighted by molar-refractivity contribution is 5.94. The minimum Gasteiger partial charge on any atom is -0.464 e. The number of nitriles is 1. The Morgan fingerprint density at radius 2 is 1.85 bits per heavy atom. The van der Waals surface area contributed by atoms with E-state index in [0.29, 0.717) is 37.1 Å². The van der Waals surface area contributed by atoms with Gasteiger partial charge >= 0.3 is 5.97 Å². The van der Waals surface area contributed by atoms with Crippen molar-refractivity contribution in [3.05, 3.63) is 66.4 Å². The van der Waals surface area contributed by atoms with E-state index in [9.17, 15) is 9.59 Å². The maximum absolute atomic E-state index is 12.0. The molecule has 0 spiro atoms. The number of carbonyl (C=O) groups is 2. The van der Waals surface area contributed by atoms with Crippen LogP contribution in [0.2, 0.25) is 0 Å². The molecule has 0 saturated carbocycles. The van der Waals surface area contributed by atoms with Gasteiger partial charge in [0.1, 0.15) is 6.54 Å². The number of anilines is 3. The number of benzene rings is 2. The number of carbonyl (C=O) groups excluding carboxylic acids is 2. The van der Waals surface area contributed by atoms with Gasteiger partial charge < -0.3 is 25.0 Å². The number of aromatic nitrogens is 2. The number of hydrogen-bond acceptors (Lipinski definition) is 9.